The average Bonchev–Trinajstić information content (AvgIpc) is 2.45. The van der Waals surface area contributed by atoms with Crippen molar-refractivity contribution in [1.82, 2.24) is 4.90 Å². The number of amides is 1. The summed E-state index contributed by atoms with van der Waals surface area (Å²) in [6.07, 6.45) is 0.0718. The lowest BCUT2D eigenvalue weighted by Gasteiger charge is -2.31. The van der Waals surface area contributed by atoms with Crippen LogP contribution >= 0.6 is 0 Å². The molecule has 1 aromatic rings. The van der Waals surface area contributed by atoms with E-state index < -0.39 is 0 Å². The number of carbonyl (C=O) groups excluding carboxylic acids is 2. The second kappa shape index (κ2) is 6.52. The van der Waals surface area contributed by atoms with Crippen molar-refractivity contribution in [3.8, 4) is 5.75 Å². The van der Waals surface area contributed by atoms with Crippen LogP contribution in [0.4, 0.5) is 0 Å². The van der Waals surface area contributed by atoms with Crippen LogP contribution in [0.15, 0.2) is 24.3 Å². The molecule has 1 amide bonds. The maximum Gasteiger partial charge on any atom is 0.260 e. The molecule has 0 aliphatic carbocycles. The van der Waals surface area contributed by atoms with Gasteiger partial charge in [-0.05, 0) is 38.1 Å². The van der Waals surface area contributed by atoms with E-state index in [1.807, 2.05) is 6.92 Å². The predicted molar refractivity (Wildman–Crippen MR) is 73.9 cm³/mol. The molecule has 0 N–H and O–H groups in total. The number of nitrogens with zero attached hydrogens (tertiary/aromatic N) is 1. The molecule has 1 aliphatic rings. The molecule has 1 unspecified atom stereocenters. The number of morpholine rings is 1. The van der Waals surface area contributed by atoms with E-state index in [0.29, 0.717) is 31.0 Å². The van der Waals surface area contributed by atoms with Gasteiger partial charge in [-0.25, -0.2) is 0 Å². The van der Waals surface area contributed by atoms with Gasteiger partial charge >= 0.3 is 0 Å². The highest BCUT2D eigenvalue weighted by molar-refractivity contribution is 5.94. The summed E-state index contributed by atoms with van der Waals surface area (Å²) in [6, 6.07) is 6.79. The van der Waals surface area contributed by atoms with Gasteiger partial charge in [-0.3, -0.25) is 9.59 Å². The van der Waals surface area contributed by atoms with Crippen molar-refractivity contribution >= 4 is 11.7 Å². The van der Waals surface area contributed by atoms with Crippen LogP contribution in [-0.2, 0) is 9.53 Å². The maximum absolute atomic E-state index is 12.0. The molecule has 1 saturated heterocycles. The summed E-state index contributed by atoms with van der Waals surface area (Å²) in [6.45, 7) is 5.24. The normalized spacial score (nSPS) is 18.7. The third-order valence-electron chi connectivity index (χ3n) is 3.22. The zero-order valence-electron chi connectivity index (χ0n) is 11.8. The largest absolute Gasteiger partial charge is 0.484 e. The molecule has 2 rings (SSSR count). The van der Waals surface area contributed by atoms with E-state index in [2.05, 4.69) is 0 Å². The topological polar surface area (TPSA) is 55.8 Å². The Hall–Kier alpha value is -1.88. The third-order valence-corrected chi connectivity index (χ3v) is 3.22. The number of ether oxygens (including phenoxy) is 2. The Labute approximate surface area is 118 Å². The van der Waals surface area contributed by atoms with Crippen LogP contribution in [0.5, 0.6) is 5.75 Å². The van der Waals surface area contributed by atoms with Crippen LogP contribution < -0.4 is 4.74 Å². The molecular formula is C15H19NO4. The summed E-state index contributed by atoms with van der Waals surface area (Å²) in [4.78, 5) is 24.9. The summed E-state index contributed by atoms with van der Waals surface area (Å²) in [5, 5.41) is 0. The molecule has 0 radical (unpaired) electrons. The smallest absolute Gasteiger partial charge is 0.260 e. The highest BCUT2D eigenvalue weighted by atomic mass is 16.5. The molecule has 20 heavy (non-hydrogen) atoms. The van der Waals surface area contributed by atoms with Gasteiger partial charge in [-0.15, -0.1) is 0 Å². The van der Waals surface area contributed by atoms with Crippen molar-refractivity contribution in [3.05, 3.63) is 29.8 Å². The molecule has 1 heterocycles. The van der Waals surface area contributed by atoms with Crippen molar-refractivity contribution in [3.63, 3.8) is 0 Å². The van der Waals surface area contributed by atoms with Gasteiger partial charge < -0.3 is 14.4 Å². The zero-order chi connectivity index (χ0) is 14.5. The first-order valence-corrected chi connectivity index (χ1v) is 6.69. The van der Waals surface area contributed by atoms with Crippen LogP contribution in [-0.4, -0.2) is 49.0 Å². The Morgan fingerprint density at radius 1 is 1.35 bits per heavy atom. The number of carbonyl (C=O) groups is 2. The highest BCUT2D eigenvalue weighted by Gasteiger charge is 2.21. The molecule has 1 aromatic carbocycles. The van der Waals surface area contributed by atoms with Crippen molar-refractivity contribution < 1.29 is 19.1 Å². The molecule has 0 saturated carbocycles. The number of benzene rings is 1. The van der Waals surface area contributed by atoms with Gasteiger partial charge in [0.05, 0.1) is 12.7 Å². The van der Waals surface area contributed by atoms with Gasteiger partial charge in [0.2, 0.25) is 0 Å². The van der Waals surface area contributed by atoms with Crippen molar-refractivity contribution in [2.75, 3.05) is 26.3 Å². The van der Waals surface area contributed by atoms with E-state index in [-0.39, 0.29) is 24.4 Å². The van der Waals surface area contributed by atoms with E-state index in [1.165, 1.54) is 6.92 Å². The third kappa shape index (κ3) is 3.81. The maximum atomic E-state index is 12.0. The summed E-state index contributed by atoms with van der Waals surface area (Å²) >= 11 is 0. The number of ketones is 1. The first-order chi connectivity index (χ1) is 9.56. The SMILES string of the molecule is CC(=O)c1ccc(OCC(=O)N2CCOC(C)C2)cc1. The average molecular weight is 277 g/mol. The van der Waals surface area contributed by atoms with E-state index in [9.17, 15) is 9.59 Å². The number of hydrogen-bond acceptors (Lipinski definition) is 4. The Bertz CT molecular complexity index is 483. The molecule has 108 valence electrons. The lowest BCUT2D eigenvalue weighted by atomic mass is 10.1. The molecule has 5 nitrogen and oxygen atoms in total. The summed E-state index contributed by atoms with van der Waals surface area (Å²) in [5.74, 6) is 0.551. The molecular weight excluding hydrogens is 258 g/mol. The molecule has 0 aromatic heterocycles. The monoisotopic (exact) mass is 277 g/mol. The Morgan fingerprint density at radius 2 is 2.05 bits per heavy atom. The van der Waals surface area contributed by atoms with Crippen LogP contribution in [0.2, 0.25) is 0 Å². The fourth-order valence-corrected chi connectivity index (χ4v) is 2.07. The molecule has 0 bridgehead atoms. The van der Waals surface area contributed by atoms with Gasteiger partial charge in [-0.1, -0.05) is 0 Å². The summed E-state index contributed by atoms with van der Waals surface area (Å²) in [7, 11) is 0. The van der Waals surface area contributed by atoms with Crippen LogP contribution in [0, 0.1) is 0 Å². The van der Waals surface area contributed by atoms with E-state index in [1.54, 1.807) is 29.2 Å². The van der Waals surface area contributed by atoms with Gasteiger partial charge in [0.15, 0.2) is 12.4 Å². The second-order valence-corrected chi connectivity index (χ2v) is 4.89. The molecule has 1 fully saturated rings. The van der Waals surface area contributed by atoms with Gasteiger partial charge in [0.25, 0.3) is 5.91 Å². The standard InChI is InChI=1S/C15H19NO4/c1-11-9-16(7-8-19-11)15(18)10-20-14-5-3-13(4-6-14)12(2)17/h3-6,11H,7-10H2,1-2H3. The number of rotatable bonds is 4. The van der Waals surface area contributed by atoms with Gasteiger partial charge in [0.1, 0.15) is 5.75 Å². The minimum atomic E-state index is -0.0456. The first kappa shape index (κ1) is 14.5. The lowest BCUT2D eigenvalue weighted by molar-refractivity contribution is -0.140. The predicted octanol–water partition coefficient (Wildman–Crippen LogP) is 1.52. The Morgan fingerprint density at radius 3 is 2.65 bits per heavy atom. The van der Waals surface area contributed by atoms with Gasteiger partial charge in [-0.2, -0.15) is 0 Å². The fourth-order valence-electron chi connectivity index (χ4n) is 2.07. The molecule has 0 spiro atoms. The van der Waals surface area contributed by atoms with Crippen LogP contribution in [0.1, 0.15) is 24.2 Å². The lowest BCUT2D eigenvalue weighted by Crippen LogP contribution is -2.46. The highest BCUT2D eigenvalue weighted by Crippen LogP contribution is 2.13. The summed E-state index contributed by atoms with van der Waals surface area (Å²) < 4.78 is 10.8. The van der Waals surface area contributed by atoms with E-state index in [0.717, 1.165) is 0 Å². The van der Waals surface area contributed by atoms with Crippen molar-refractivity contribution in [2.45, 2.75) is 20.0 Å². The van der Waals surface area contributed by atoms with Crippen LogP contribution in [0.25, 0.3) is 0 Å². The Kier molecular flexibility index (Phi) is 4.74. The van der Waals surface area contributed by atoms with Crippen LogP contribution in [0.3, 0.4) is 0 Å². The van der Waals surface area contributed by atoms with Crippen molar-refractivity contribution in [1.29, 1.82) is 0 Å². The van der Waals surface area contributed by atoms with Gasteiger partial charge in [0, 0.05) is 18.7 Å². The zero-order valence-corrected chi connectivity index (χ0v) is 11.8. The minimum Gasteiger partial charge on any atom is -0.484 e. The minimum absolute atomic E-state index is 0.00609. The fraction of sp³-hybridized carbons (Fsp3) is 0.467. The quantitative estimate of drug-likeness (QED) is 0.783. The van der Waals surface area contributed by atoms with Crippen molar-refractivity contribution in [2.24, 2.45) is 0 Å². The number of hydrogen-bond donors (Lipinski definition) is 0. The molecule has 1 atom stereocenters. The second-order valence-electron chi connectivity index (χ2n) is 4.89. The molecule has 1 aliphatic heterocycles. The Balaban J connectivity index is 1.85. The number of Topliss-reactive ketones (excluding diaryl/α,β-unsaturated/α-hetero) is 1. The first-order valence-electron chi connectivity index (χ1n) is 6.69. The molecule has 5 heteroatoms. The summed E-state index contributed by atoms with van der Waals surface area (Å²) in [5.41, 5.74) is 0.630. The van der Waals surface area contributed by atoms with E-state index in [4.69, 9.17) is 9.47 Å². The van der Waals surface area contributed by atoms with E-state index >= 15 is 0 Å².